The van der Waals surface area contributed by atoms with Gasteiger partial charge >= 0.3 is 0 Å². The van der Waals surface area contributed by atoms with Crippen LogP contribution in [-0.4, -0.2) is 31.6 Å². The van der Waals surface area contributed by atoms with Crippen molar-refractivity contribution in [3.05, 3.63) is 35.4 Å². The lowest BCUT2D eigenvalue weighted by Gasteiger charge is -2.24. The van der Waals surface area contributed by atoms with Crippen molar-refractivity contribution < 1.29 is 8.78 Å². The Morgan fingerprint density at radius 2 is 1.95 bits per heavy atom. The highest BCUT2D eigenvalue weighted by Gasteiger charge is 2.17. The van der Waals surface area contributed by atoms with Gasteiger partial charge < -0.3 is 10.2 Å². The second-order valence-corrected chi connectivity index (χ2v) is 5.06. The van der Waals surface area contributed by atoms with Crippen LogP contribution in [0.3, 0.4) is 0 Å². The first-order valence-electron chi connectivity index (χ1n) is 7.47. The molecule has 0 aliphatic carbocycles. The number of halogens is 2. The topological polar surface area (TPSA) is 15.3 Å². The van der Waals surface area contributed by atoms with Gasteiger partial charge in [0.05, 0.1) is 0 Å². The van der Waals surface area contributed by atoms with Crippen molar-refractivity contribution in [1.29, 1.82) is 0 Å². The first kappa shape index (κ1) is 17.1. The highest BCUT2D eigenvalue weighted by Crippen LogP contribution is 2.22. The molecule has 0 bridgehead atoms. The molecule has 1 unspecified atom stereocenters. The van der Waals surface area contributed by atoms with Crippen LogP contribution in [0.5, 0.6) is 0 Å². The standard InChI is InChI=1S/C16H26F2N2/c1-4-6-11-20(5-2)12-10-15(19-3)13-8-7-9-14(17)16(13)18/h7-9,15,19H,4-6,10-12H2,1-3H3. The molecule has 0 radical (unpaired) electrons. The fourth-order valence-electron chi connectivity index (χ4n) is 2.37. The third-order valence-corrected chi connectivity index (χ3v) is 3.71. The summed E-state index contributed by atoms with van der Waals surface area (Å²) in [5, 5.41) is 3.09. The number of benzene rings is 1. The van der Waals surface area contributed by atoms with Crippen molar-refractivity contribution in [2.24, 2.45) is 0 Å². The maximum absolute atomic E-state index is 13.8. The lowest BCUT2D eigenvalue weighted by molar-refractivity contribution is 0.265. The molecule has 0 spiro atoms. The summed E-state index contributed by atoms with van der Waals surface area (Å²) in [6, 6.07) is 4.22. The largest absolute Gasteiger partial charge is 0.313 e. The Bertz CT molecular complexity index is 396. The molecule has 1 N–H and O–H groups in total. The van der Waals surface area contributed by atoms with E-state index in [1.165, 1.54) is 12.8 Å². The molecule has 1 aromatic rings. The Kier molecular flexibility index (Phi) is 7.70. The van der Waals surface area contributed by atoms with Crippen LogP contribution >= 0.6 is 0 Å². The molecular weight excluding hydrogens is 258 g/mol. The van der Waals surface area contributed by atoms with Crippen molar-refractivity contribution in [1.82, 2.24) is 10.2 Å². The predicted octanol–water partition coefficient (Wildman–Crippen LogP) is 3.74. The van der Waals surface area contributed by atoms with E-state index in [1.807, 2.05) is 0 Å². The van der Waals surface area contributed by atoms with Gasteiger partial charge in [-0.2, -0.15) is 0 Å². The zero-order valence-electron chi connectivity index (χ0n) is 12.8. The van der Waals surface area contributed by atoms with Crippen molar-refractivity contribution in [2.75, 3.05) is 26.7 Å². The molecule has 0 fully saturated rings. The van der Waals surface area contributed by atoms with Crippen molar-refractivity contribution in [3.8, 4) is 0 Å². The van der Waals surface area contributed by atoms with E-state index in [1.54, 1.807) is 19.2 Å². The predicted molar refractivity (Wildman–Crippen MR) is 79.8 cm³/mol. The van der Waals surface area contributed by atoms with E-state index < -0.39 is 11.6 Å². The maximum Gasteiger partial charge on any atom is 0.163 e. The van der Waals surface area contributed by atoms with E-state index in [2.05, 4.69) is 24.1 Å². The Hall–Kier alpha value is -1.00. The van der Waals surface area contributed by atoms with Gasteiger partial charge in [-0.15, -0.1) is 0 Å². The molecule has 0 aliphatic rings. The molecule has 1 aromatic carbocycles. The zero-order chi connectivity index (χ0) is 15.0. The lowest BCUT2D eigenvalue weighted by atomic mass is 10.0. The Morgan fingerprint density at radius 3 is 2.55 bits per heavy atom. The summed E-state index contributed by atoms with van der Waals surface area (Å²) >= 11 is 0. The summed E-state index contributed by atoms with van der Waals surface area (Å²) < 4.78 is 27.1. The van der Waals surface area contributed by atoms with Crippen LogP contribution < -0.4 is 5.32 Å². The molecule has 0 heterocycles. The number of rotatable bonds is 9. The summed E-state index contributed by atoms with van der Waals surface area (Å²) in [5.41, 5.74) is 0.416. The van der Waals surface area contributed by atoms with Gasteiger partial charge in [-0.3, -0.25) is 0 Å². The van der Waals surface area contributed by atoms with Crippen LogP contribution in [0.25, 0.3) is 0 Å². The van der Waals surface area contributed by atoms with Crippen LogP contribution in [0.15, 0.2) is 18.2 Å². The van der Waals surface area contributed by atoms with Crippen LogP contribution in [-0.2, 0) is 0 Å². The van der Waals surface area contributed by atoms with E-state index in [4.69, 9.17) is 0 Å². The molecular formula is C16H26F2N2. The number of hydrogen-bond acceptors (Lipinski definition) is 2. The first-order valence-corrected chi connectivity index (χ1v) is 7.47. The molecule has 114 valence electrons. The van der Waals surface area contributed by atoms with Crippen LogP contribution in [0.4, 0.5) is 8.78 Å². The minimum atomic E-state index is -0.777. The number of nitrogens with zero attached hydrogens (tertiary/aromatic N) is 1. The van der Waals surface area contributed by atoms with E-state index in [0.717, 1.165) is 32.1 Å². The summed E-state index contributed by atoms with van der Waals surface area (Å²) in [4.78, 5) is 2.35. The molecule has 2 nitrogen and oxygen atoms in total. The Morgan fingerprint density at radius 1 is 1.20 bits per heavy atom. The highest BCUT2D eigenvalue weighted by molar-refractivity contribution is 5.22. The molecule has 1 atom stereocenters. The van der Waals surface area contributed by atoms with E-state index in [9.17, 15) is 8.78 Å². The number of nitrogens with one attached hydrogen (secondary N) is 1. The Labute approximate surface area is 121 Å². The van der Waals surface area contributed by atoms with E-state index in [-0.39, 0.29) is 6.04 Å². The molecule has 20 heavy (non-hydrogen) atoms. The van der Waals surface area contributed by atoms with Gasteiger partial charge in [0, 0.05) is 11.6 Å². The van der Waals surface area contributed by atoms with Crippen molar-refractivity contribution >= 4 is 0 Å². The third kappa shape index (κ3) is 4.84. The summed E-state index contributed by atoms with van der Waals surface area (Å²) in [7, 11) is 1.79. The summed E-state index contributed by atoms with van der Waals surface area (Å²) in [6.45, 7) is 7.24. The van der Waals surface area contributed by atoms with Crippen LogP contribution in [0, 0.1) is 11.6 Å². The molecule has 0 saturated carbocycles. The van der Waals surface area contributed by atoms with Gasteiger partial charge in [-0.1, -0.05) is 32.4 Å². The first-order chi connectivity index (χ1) is 9.63. The molecule has 0 amide bonds. The van der Waals surface area contributed by atoms with Gasteiger partial charge in [0.2, 0.25) is 0 Å². The molecule has 0 saturated heterocycles. The van der Waals surface area contributed by atoms with Gasteiger partial charge in [0.15, 0.2) is 11.6 Å². The van der Waals surface area contributed by atoms with Gasteiger partial charge in [0.25, 0.3) is 0 Å². The monoisotopic (exact) mass is 284 g/mol. The fourth-order valence-corrected chi connectivity index (χ4v) is 2.37. The van der Waals surface area contributed by atoms with E-state index >= 15 is 0 Å². The summed E-state index contributed by atoms with van der Waals surface area (Å²) in [6.07, 6.45) is 3.12. The summed E-state index contributed by atoms with van der Waals surface area (Å²) in [5.74, 6) is -1.51. The SMILES string of the molecule is CCCCN(CC)CCC(NC)c1cccc(F)c1F. The van der Waals surface area contributed by atoms with Gasteiger partial charge in [-0.25, -0.2) is 8.78 Å². The van der Waals surface area contributed by atoms with Gasteiger partial charge in [-0.05, 0) is 45.6 Å². The number of unbranched alkanes of at least 4 members (excludes halogenated alkanes) is 1. The van der Waals surface area contributed by atoms with Gasteiger partial charge in [0.1, 0.15) is 0 Å². The maximum atomic E-state index is 13.8. The minimum Gasteiger partial charge on any atom is -0.313 e. The average molecular weight is 284 g/mol. The molecule has 0 aromatic heterocycles. The Balaban J connectivity index is 2.65. The second-order valence-electron chi connectivity index (χ2n) is 5.06. The molecule has 4 heteroatoms. The lowest BCUT2D eigenvalue weighted by Crippen LogP contribution is -2.29. The fraction of sp³-hybridized carbons (Fsp3) is 0.625. The molecule has 1 rings (SSSR count). The average Bonchev–Trinajstić information content (AvgIpc) is 2.46. The number of hydrogen-bond donors (Lipinski definition) is 1. The highest BCUT2D eigenvalue weighted by atomic mass is 19.2. The quantitative estimate of drug-likeness (QED) is 0.743. The van der Waals surface area contributed by atoms with Crippen LogP contribution in [0.2, 0.25) is 0 Å². The normalized spacial score (nSPS) is 12.9. The third-order valence-electron chi connectivity index (χ3n) is 3.71. The van der Waals surface area contributed by atoms with Crippen molar-refractivity contribution in [3.63, 3.8) is 0 Å². The smallest absolute Gasteiger partial charge is 0.163 e. The van der Waals surface area contributed by atoms with Crippen molar-refractivity contribution in [2.45, 2.75) is 39.2 Å². The molecule has 0 aliphatic heterocycles. The second kappa shape index (κ2) is 9.03. The van der Waals surface area contributed by atoms with Crippen LogP contribution in [0.1, 0.15) is 44.7 Å². The minimum absolute atomic E-state index is 0.152. The van der Waals surface area contributed by atoms with E-state index in [0.29, 0.717) is 5.56 Å². The zero-order valence-corrected chi connectivity index (χ0v) is 12.8.